The Labute approximate surface area is 104 Å². The van der Waals surface area contributed by atoms with Crippen LogP contribution in [0.25, 0.3) is 0 Å². The minimum Gasteiger partial charge on any atom is -0.324 e. The van der Waals surface area contributed by atoms with Gasteiger partial charge in [0, 0.05) is 16.1 Å². The minimum absolute atomic E-state index is 0.195. The van der Waals surface area contributed by atoms with E-state index in [1.165, 1.54) is 6.07 Å². The minimum atomic E-state index is -0.200. The lowest BCUT2D eigenvalue weighted by molar-refractivity contribution is 0.317. The SMILES string of the molecule is N[C@@H](c1cc(Br)ccc1F)C1CCNCC1. The standard InChI is InChI=1S/C12H16BrFN2/c13-9-1-2-11(14)10(7-9)12(15)8-3-5-16-6-4-8/h1-2,7-8,12,16H,3-6,15H2/t12-/m1/s1. The van der Waals surface area contributed by atoms with Crippen LogP contribution in [0.15, 0.2) is 22.7 Å². The first-order valence-corrected chi connectivity index (χ1v) is 6.39. The van der Waals surface area contributed by atoms with Gasteiger partial charge in [-0.3, -0.25) is 0 Å². The molecule has 0 unspecified atom stereocenters. The fraction of sp³-hybridized carbons (Fsp3) is 0.500. The van der Waals surface area contributed by atoms with E-state index in [1.807, 2.05) is 0 Å². The van der Waals surface area contributed by atoms with Crippen LogP contribution < -0.4 is 11.1 Å². The van der Waals surface area contributed by atoms with Crippen molar-refractivity contribution in [1.82, 2.24) is 5.32 Å². The Hall–Kier alpha value is -0.450. The first-order chi connectivity index (χ1) is 7.68. The number of halogens is 2. The molecular formula is C12H16BrFN2. The molecule has 4 heteroatoms. The molecule has 3 N–H and O–H groups in total. The first-order valence-electron chi connectivity index (χ1n) is 5.59. The normalized spacial score (nSPS) is 19.7. The van der Waals surface area contributed by atoms with Crippen molar-refractivity contribution in [3.8, 4) is 0 Å². The van der Waals surface area contributed by atoms with Crippen LogP contribution in [0.3, 0.4) is 0 Å². The van der Waals surface area contributed by atoms with E-state index in [-0.39, 0.29) is 11.9 Å². The molecule has 1 heterocycles. The van der Waals surface area contributed by atoms with E-state index in [4.69, 9.17) is 5.73 Å². The molecule has 16 heavy (non-hydrogen) atoms. The number of hydrogen-bond acceptors (Lipinski definition) is 2. The highest BCUT2D eigenvalue weighted by Gasteiger charge is 2.23. The maximum atomic E-state index is 13.7. The largest absolute Gasteiger partial charge is 0.324 e. The molecule has 2 nitrogen and oxygen atoms in total. The fourth-order valence-electron chi connectivity index (χ4n) is 2.23. The van der Waals surface area contributed by atoms with Crippen molar-refractivity contribution in [3.63, 3.8) is 0 Å². The van der Waals surface area contributed by atoms with Crippen molar-refractivity contribution >= 4 is 15.9 Å². The van der Waals surface area contributed by atoms with Gasteiger partial charge in [-0.05, 0) is 50.0 Å². The Morgan fingerprint density at radius 2 is 2.06 bits per heavy atom. The van der Waals surface area contributed by atoms with Crippen LogP contribution in [0, 0.1) is 11.7 Å². The first kappa shape index (κ1) is 12.0. The monoisotopic (exact) mass is 286 g/mol. The van der Waals surface area contributed by atoms with E-state index in [0.717, 1.165) is 30.4 Å². The number of benzene rings is 1. The molecule has 1 aromatic rings. The molecule has 88 valence electrons. The van der Waals surface area contributed by atoms with Gasteiger partial charge in [0.1, 0.15) is 5.82 Å². The van der Waals surface area contributed by atoms with Crippen LogP contribution >= 0.6 is 15.9 Å². The predicted molar refractivity (Wildman–Crippen MR) is 66.6 cm³/mol. The quantitative estimate of drug-likeness (QED) is 0.877. The van der Waals surface area contributed by atoms with E-state index in [2.05, 4.69) is 21.2 Å². The van der Waals surface area contributed by atoms with Crippen LogP contribution in [0.5, 0.6) is 0 Å². The molecule has 0 amide bonds. The number of rotatable bonds is 2. The summed E-state index contributed by atoms with van der Waals surface area (Å²) in [4.78, 5) is 0. The molecule has 1 aliphatic heterocycles. The van der Waals surface area contributed by atoms with Crippen molar-refractivity contribution in [3.05, 3.63) is 34.1 Å². The second-order valence-electron chi connectivity index (χ2n) is 4.28. The van der Waals surface area contributed by atoms with E-state index >= 15 is 0 Å². The molecule has 1 atom stereocenters. The lowest BCUT2D eigenvalue weighted by Gasteiger charge is -2.28. The molecule has 0 aromatic heterocycles. The second-order valence-corrected chi connectivity index (χ2v) is 5.19. The van der Waals surface area contributed by atoms with E-state index in [9.17, 15) is 4.39 Å². The second kappa shape index (κ2) is 5.25. The summed E-state index contributed by atoms with van der Waals surface area (Å²) in [6.07, 6.45) is 2.04. The average molecular weight is 287 g/mol. The lowest BCUT2D eigenvalue weighted by Crippen LogP contribution is -2.34. The summed E-state index contributed by atoms with van der Waals surface area (Å²) in [5.41, 5.74) is 6.78. The fourth-order valence-corrected chi connectivity index (χ4v) is 2.61. The van der Waals surface area contributed by atoms with Gasteiger partial charge in [0.25, 0.3) is 0 Å². The van der Waals surface area contributed by atoms with E-state index in [1.54, 1.807) is 12.1 Å². The van der Waals surface area contributed by atoms with Crippen molar-refractivity contribution in [2.75, 3.05) is 13.1 Å². The molecule has 1 fully saturated rings. The third-order valence-corrected chi connectivity index (χ3v) is 3.70. The third kappa shape index (κ3) is 2.62. The Morgan fingerprint density at radius 1 is 1.38 bits per heavy atom. The summed E-state index contributed by atoms with van der Waals surface area (Å²) in [7, 11) is 0. The zero-order chi connectivity index (χ0) is 11.5. The highest BCUT2D eigenvalue weighted by molar-refractivity contribution is 9.10. The molecule has 2 rings (SSSR count). The molecule has 1 aromatic carbocycles. The zero-order valence-electron chi connectivity index (χ0n) is 9.05. The Balaban J connectivity index is 2.18. The molecule has 0 saturated carbocycles. The summed E-state index contributed by atoms with van der Waals surface area (Å²) < 4.78 is 14.5. The van der Waals surface area contributed by atoms with Gasteiger partial charge in [-0.2, -0.15) is 0 Å². The Bertz CT molecular complexity index is 364. The Morgan fingerprint density at radius 3 is 2.75 bits per heavy atom. The van der Waals surface area contributed by atoms with E-state index < -0.39 is 0 Å². The maximum Gasteiger partial charge on any atom is 0.128 e. The number of hydrogen-bond donors (Lipinski definition) is 2. The van der Waals surface area contributed by atoms with E-state index in [0.29, 0.717) is 11.5 Å². The molecule has 0 bridgehead atoms. The molecule has 0 radical (unpaired) electrons. The highest BCUT2D eigenvalue weighted by atomic mass is 79.9. The molecule has 0 aliphatic carbocycles. The van der Waals surface area contributed by atoms with Crippen molar-refractivity contribution in [2.45, 2.75) is 18.9 Å². The van der Waals surface area contributed by atoms with Crippen LogP contribution in [0.4, 0.5) is 4.39 Å². The number of nitrogens with two attached hydrogens (primary N) is 1. The lowest BCUT2D eigenvalue weighted by atomic mass is 9.86. The van der Waals surface area contributed by atoms with Gasteiger partial charge in [-0.25, -0.2) is 4.39 Å². The summed E-state index contributed by atoms with van der Waals surface area (Å²) in [5, 5.41) is 3.29. The summed E-state index contributed by atoms with van der Waals surface area (Å²) >= 11 is 3.35. The maximum absolute atomic E-state index is 13.7. The molecule has 1 saturated heterocycles. The zero-order valence-corrected chi connectivity index (χ0v) is 10.6. The molecule has 1 aliphatic rings. The summed E-state index contributed by atoms with van der Waals surface area (Å²) in [6, 6.07) is 4.77. The van der Waals surface area contributed by atoms with Crippen molar-refractivity contribution in [2.24, 2.45) is 11.7 Å². The van der Waals surface area contributed by atoms with Gasteiger partial charge in [-0.1, -0.05) is 15.9 Å². The predicted octanol–water partition coefficient (Wildman–Crippen LogP) is 2.59. The van der Waals surface area contributed by atoms with Gasteiger partial charge in [-0.15, -0.1) is 0 Å². The van der Waals surface area contributed by atoms with Gasteiger partial charge >= 0.3 is 0 Å². The van der Waals surface area contributed by atoms with Crippen LogP contribution in [0.1, 0.15) is 24.4 Å². The number of nitrogens with one attached hydrogen (secondary N) is 1. The topological polar surface area (TPSA) is 38.0 Å². The number of piperidine rings is 1. The highest BCUT2D eigenvalue weighted by Crippen LogP contribution is 2.29. The van der Waals surface area contributed by atoms with Crippen molar-refractivity contribution in [1.29, 1.82) is 0 Å². The van der Waals surface area contributed by atoms with Gasteiger partial charge in [0.15, 0.2) is 0 Å². The van der Waals surface area contributed by atoms with Crippen LogP contribution in [0.2, 0.25) is 0 Å². The molecule has 0 spiro atoms. The van der Waals surface area contributed by atoms with Crippen LogP contribution in [-0.4, -0.2) is 13.1 Å². The molecular weight excluding hydrogens is 271 g/mol. The van der Waals surface area contributed by atoms with Gasteiger partial charge in [0.2, 0.25) is 0 Å². The van der Waals surface area contributed by atoms with Crippen molar-refractivity contribution < 1.29 is 4.39 Å². The summed E-state index contributed by atoms with van der Waals surface area (Å²) in [5.74, 6) is 0.180. The van der Waals surface area contributed by atoms with Crippen LogP contribution in [-0.2, 0) is 0 Å². The summed E-state index contributed by atoms with van der Waals surface area (Å²) in [6.45, 7) is 1.96. The third-order valence-electron chi connectivity index (χ3n) is 3.21. The van der Waals surface area contributed by atoms with Gasteiger partial charge in [0.05, 0.1) is 0 Å². The Kier molecular flexibility index (Phi) is 3.95. The smallest absolute Gasteiger partial charge is 0.128 e. The van der Waals surface area contributed by atoms with Gasteiger partial charge < -0.3 is 11.1 Å². The average Bonchev–Trinajstić information content (AvgIpc) is 2.32.